The third kappa shape index (κ3) is 3.98. The van der Waals surface area contributed by atoms with Gasteiger partial charge in [0.25, 0.3) is 11.8 Å². The second-order valence-corrected chi connectivity index (χ2v) is 8.28. The molecule has 0 N–H and O–H groups in total. The van der Waals surface area contributed by atoms with E-state index in [-0.39, 0.29) is 17.9 Å². The first-order valence-corrected chi connectivity index (χ1v) is 11.1. The molecule has 0 bridgehead atoms. The third-order valence-electron chi connectivity index (χ3n) is 6.08. The molecule has 1 fully saturated rings. The molecule has 3 aromatic heterocycles. The van der Waals surface area contributed by atoms with Crippen LogP contribution in [-0.4, -0.2) is 49.6 Å². The number of nitrogens with zero attached hydrogens (tertiary/aromatic N) is 5. The number of carbonyl (C=O) groups is 2. The van der Waals surface area contributed by atoms with E-state index in [1.807, 2.05) is 82.2 Å². The predicted molar refractivity (Wildman–Crippen MR) is 125 cm³/mol. The van der Waals surface area contributed by atoms with Gasteiger partial charge in [-0.2, -0.15) is 0 Å². The van der Waals surface area contributed by atoms with Crippen molar-refractivity contribution in [1.82, 2.24) is 24.2 Å². The average molecular weight is 440 g/mol. The van der Waals surface area contributed by atoms with Crippen LogP contribution in [0.2, 0.25) is 0 Å². The van der Waals surface area contributed by atoms with E-state index in [0.29, 0.717) is 24.3 Å². The van der Waals surface area contributed by atoms with Crippen molar-refractivity contribution in [3.63, 3.8) is 0 Å². The third-order valence-corrected chi connectivity index (χ3v) is 6.08. The van der Waals surface area contributed by atoms with Crippen molar-refractivity contribution in [2.24, 2.45) is 0 Å². The highest BCUT2D eigenvalue weighted by Gasteiger charge is 2.35. The van der Waals surface area contributed by atoms with Crippen LogP contribution < -0.4 is 0 Å². The Labute approximate surface area is 192 Å². The van der Waals surface area contributed by atoms with Gasteiger partial charge in [-0.05, 0) is 49.2 Å². The Hall–Kier alpha value is -4.00. The predicted octanol–water partition coefficient (Wildman–Crippen LogP) is 3.98. The standard InChI is InChI=1S/C26H25N5O2/c1-29(18-20-12-5-7-15-27-20)26(33)23-21-13-6-8-16-30(21)24(28-23)22-14-9-17-31(22)25(32)19-10-3-2-4-11-19/h2-8,10-13,15-16,22H,9,14,17-18H2,1H3. The van der Waals surface area contributed by atoms with Gasteiger partial charge in [0.1, 0.15) is 5.82 Å². The van der Waals surface area contributed by atoms with Gasteiger partial charge in [0, 0.05) is 31.5 Å². The molecular weight excluding hydrogens is 414 g/mol. The smallest absolute Gasteiger partial charge is 0.274 e. The van der Waals surface area contributed by atoms with Crippen LogP contribution in [0.1, 0.15) is 51.2 Å². The number of benzene rings is 1. The Morgan fingerprint density at radius 1 is 1.03 bits per heavy atom. The maximum Gasteiger partial charge on any atom is 0.274 e. The van der Waals surface area contributed by atoms with Crippen molar-refractivity contribution in [3.05, 3.63) is 102 Å². The van der Waals surface area contributed by atoms with E-state index in [4.69, 9.17) is 4.98 Å². The molecule has 4 heterocycles. The van der Waals surface area contributed by atoms with Crippen molar-refractivity contribution >= 4 is 17.3 Å². The minimum Gasteiger partial charge on any atom is -0.334 e. The molecule has 2 amide bonds. The largest absolute Gasteiger partial charge is 0.334 e. The van der Waals surface area contributed by atoms with Gasteiger partial charge in [0.05, 0.1) is 23.8 Å². The molecule has 7 nitrogen and oxygen atoms in total. The van der Waals surface area contributed by atoms with Crippen molar-refractivity contribution < 1.29 is 9.59 Å². The van der Waals surface area contributed by atoms with Crippen molar-refractivity contribution in [1.29, 1.82) is 0 Å². The molecule has 0 saturated carbocycles. The maximum atomic E-state index is 13.4. The van der Waals surface area contributed by atoms with Crippen LogP contribution in [0.25, 0.3) is 5.52 Å². The molecule has 1 aliphatic heterocycles. The SMILES string of the molecule is CN(Cc1ccccn1)C(=O)c1nc(C2CCCN2C(=O)c2ccccc2)n2ccccc12. The monoisotopic (exact) mass is 439 g/mol. The number of hydrogen-bond donors (Lipinski definition) is 0. The summed E-state index contributed by atoms with van der Waals surface area (Å²) in [5.74, 6) is 0.544. The van der Waals surface area contributed by atoms with Gasteiger partial charge in [0.15, 0.2) is 5.69 Å². The summed E-state index contributed by atoms with van der Waals surface area (Å²) in [6.07, 6.45) is 5.34. The number of carbonyl (C=O) groups excluding carboxylic acids is 2. The number of aromatic nitrogens is 3. The second-order valence-electron chi connectivity index (χ2n) is 8.28. The van der Waals surface area contributed by atoms with Crippen LogP contribution in [0.5, 0.6) is 0 Å². The van der Waals surface area contributed by atoms with E-state index < -0.39 is 0 Å². The molecule has 33 heavy (non-hydrogen) atoms. The fourth-order valence-electron chi connectivity index (χ4n) is 4.47. The van der Waals surface area contributed by atoms with Gasteiger partial charge in [-0.25, -0.2) is 4.98 Å². The van der Waals surface area contributed by atoms with E-state index in [1.54, 1.807) is 18.1 Å². The summed E-state index contributed by atoms with van der Waals surface area (Å²) in [5, 5.41) is 0. The lowest BCUT2D eigenvalue weighted by atomic mass is 10.1. The van der Waals surface area contributed by atoms with Crippen molar-refractivity contribution in [2.75, 3.05) is 13.6 Å². The highest BCUT2D eigenvalue weighted by Crippen LogP contribution is 2.34. The van der Waals surface area contributed by atoms with Crippen LogP contribution in [0, 0.1) is 0 Å². The molecule has 1 aliphatic rings. The molecule has 0 aliphatic carbocycles. The van der Waals surface area contributed by atoms with Gasteiger partial charge in [-0.15, -0.1) is 0 Å². The highest BCUT2D eigenvalue weighted by atomic mass is 16.2. The van der Waals surface area contributed by atoms with Crippen LogP contribution in [-0.2, 0) is 6.54 Å². The van der Waals surface area contributed by atoms with Crippen LogP contribution in [0.4, 0.5) is 0 Å². The van der Waals surface area contributed by atoms with E-state index in [9.17, 15) is 9.59 Å². The van der Waals surface area contributed by atoms with Gasteiger partial charge in [0.2, 0.25) is 0 Å². The number of pyridine rings is 2. The molecule has 7 heteroatoms. The molecule has 1 atom stereocenters. The van der Waals surface area contributed by atoms with Crippen LogP contribution in [0.3, 0.4) is 0 Å². The molecular formula is C26H25N5O2. The molecule has 1 saturated heterocycles. The van der Waals surface area contributed by atoms with Gasteiger partial charge in [-0.3, -0.25) is 14.6 Å². The first-order valence-electron chi connectivity index (χ1n) is 11.1. The van der Waals surface area contributed by atoms with E-state index >= 15 is 0 Å². The number of hydrogen-bond acceptors (Lipinski definition) is 4. The van der Waals surface area contributed by atoms with Gasteiger partial charge in [-0.1, -0.05) is 30.3 Å². The Kier molecular flexibility index (Phi) is 5.60. The van der Waals surface area contributed by atoms with Crippen LogP contribution >= 0.6 is 0 Å². The zero-order valence-electron chi connectivity index (χ0n) is 18.5. The molecule has 5 rings (SSSR count). The minimum absolute atomic E-state index is 0.00840. The molecule has 0 radical (unpaired) electrons. The summed E-state index contributed by atoms with van der Waals surface area (Å²) in [4.78, 5) is 39.2. The lowest BCUT2D eigenvalue weighted by Gasteiger charge is -2.24. The number of fused-ring (bicyclic) bond motifs is 1. The second kappa shape index (κ2) is 8.86. The Bertz CT molecular complexity index is 1290. The first-order chi connectivity index (χ1) is 16.1. The Morgan fingerprint density at radius 2 is 1.82 bits per heavy atom. The lowest BCUT2D eigenvalue weighted by molar-refractivity contribution is 0.0729. The van der Waals surface area contributed by atoms with E-state index in [0.717, 1.165) is 29.9 Å². The zero-order chi connectivity index (χ0) is 22.8. The zero-order valence-corrected chi connectivity index (χ0v) is 18.5. The fraction of sp³-hybridized carbons (Fsp3) is 0.231. The first kappa shape index (κ1) is 20.9. The summed E-state index contributed by atoms with van der Waals surface area (Å²) in [5.41, 5.74) is 2.61. The van der Waals surface area contributed by atoms with E-state index in [1.165, 1.54) is 0 Å². The summed E-state index contributed by atoms with van der Waals surface area (Å²) < 4.78 is 1.95. The number of imidazole rings is 1. The number of amides is 2. The van der Waals surface area contributed by atoms with Gasteiger partial charge < -0.3 is 14.2 Å². The molecule has 0 spiro atoms. The summed E-state index contributed by atoms with van der Waals surface area (Å²) in [7, 11) is 1.76. The van der Waals surface area contributed by atoms with Crippen LogP contribution in [0.15, 0.2) is 79.1 Å². The summed E-state index contributed by atoms with van der Waals surface area (Å²) in [6.45, 7) is 1.06. The molecule has 1 aromatic carbocycles. The lowest BCUT2D eigenvalue weighted by Crippen LogP contribution is -2.31. The molecule has 1 unspecified atom stereocenters. The van der Waals surface area contributed by atoms with E-state index in [2.05, 4.69) is 4.98 Å². The quantitative estimate of drug-likeness (QED) is 0.472. The average Bonchev–Trinajstić information content (AvgIpc) is 3.49. The maximum absolute atomic E-state index is 13.4. The Balaban J connectivity index is 1.48. The number of likely N-dealkylation sites (tertiary alicyclic amines) is 1. The summed E-state index contributed by atoms with van der Waals surface area (Å²) >= 11 is 0. The highest BCUT2D eigenvalue weighted by molar-refractivity contribution is 5.99. The molecule has 4 aromatic rings. The summed E-state index contributed by atoms with van der Waals surface area (Å²) in [6, 6.07) is 20.5. The van der Waals surface area contributed by atoms with Crippen molar-refractivity contribution in [3.8, 4) is 0 Å². The van der Waals surface area contributed by atoms with Crippen molar-refractivity contribution in [2.45, 2.75) is 25.4 Å². The fourth-order valence-corrected chi connectivity index (χ4v) is 4.47. The Morgan fingerprint density at radius 3 is 2.61 bits per heavy atom. The normalized spacial score (nSPS) is 15.7. The minimum atomic E-state index is -0.185. The molecule has 166 valence electrons. The number of rotatable bonds is 5. The van der Waals surface area contributed by atoms with Gasteiger partial charge >= 0.3 is 0 Å². The topological polar surface area (TPSA) is 70.8 Å².